The van der Waals surface area contributed by atoms with Crippen LogP contribution in [0, 0.1) is 12.7 Å². The molecule has 3 aromatic rings. The Kier molecular flexibility index (Phi) is 2.99. The Bertz CT molecular complexity index is 792. The zero-order valence-corrected chi connectivity index (χ0v) is 10.9. The van der Waals surface area contributed by atoms with Crippen LogP contribution >= 0.6 is 0 Å². The summed E-state index contributed by atoms with van der Waals surface area (Å²) in [6.07, 6.45) is 1.83. The minimum Gasteiger partial charge on any atom is -0.361 e. The number of hydrogen-bond donors (Lipinski definition) is 2. The maximum atomic E-state index is 13.7. The molecule has 1 aromatic heterocycles. The van der Waals surface area contributed by atoms with Crippen molar-refractivity contribution in [2.24, 2.45) is 0 Å². The van der Waals surface area contributed by atoms with Crippen molar-refractivity contribution in [1.29, 1.82) is 0 Å². The second-order valence-electron chi connectivity index (χ2n) is 4.72. The molecule has 3 nitrogen and oxygen atoms in total. The maximum absolute atomic E-state index is 13.7. The highest BCUT2D eigenvalue weighted by Gasteiger charge is 2.12. The van der Waals surface area contributed by atoms with Gasteiger partial charge in [0, 0.05) is 22.8 Å². The van der Waals surface area contributed by atoms with Crippen LogP contribution in [0.15, 0.2) is 48.7 Å². The van der Waals surface area contributed by atoms with Crippen molar-refractivity contribution < 1.29 is 9.18 Å². The molecule has 1 heterocycles. The first-order valence-corrected chi connectivity index (χ1v) is 6.28. The summed E-state index contributed by atoms with van der Waals surface area (Å²) in [5.41, 5.74) is 2.53. The predicted octanol–water partition coefficient (Wildman–Crippen LogP) is 3.87. The number of anilines is 1. The topological polar surface area (TPSA) is 44.9 Å². The van der Waals surface area contributed by atoms with Crippen LogP contribution in [-0.4, -0.2) is 10.9 Å². The van der Waals surface area contributed by atoms with E-state index in [1.807, 2.05) is 31.3 Å². The third-order valence-electron chi connectivity index (χ3n) is 3.18. The van der Waals surface area contributed by atoms with Gasteiger partial charge in [0.05, 0.1) is 5.56 Å². The van der Waals surface area contributed by atoms with E-state index in [1.54, 1.807) is 18.2 Å². The Labute approximate surface area is 115 Å². The molecule has 1 amide bonds. The van der Waals surface area contributed by atoms with E-state index in [0.29, 0.717) is 5.69 Å². The summed E-state index contributed by atoms with van der Waals surface area (Å²) < 4.78 is 13.7. The normalized spacial score (nSPS) is 10.7. The number of halogens is 1. The van der Waals surface area contributed by atoms with Crippen LogP contribution in [0.3, 0.4) is 0 Å². The van der Waals surface area contributed by atoms with Crippen LogP contribution < -0.4 is 5.32 Å². The molecule has 0 fully saturated rings. The third-order valence-corrected chi connectivity index (χ3v) is 3.18. The molecule has 0 bridgehead atoms. The van der Waals surface area contributed by atoms with Crippen molar-refractivity contribution in [3.05, 3.63) is 65.6 Å². The summed E-state index contributed by atoms with van der Waals surface area (Å²) in [4.78, 5) is 15.2. The predicted molar refractivity (Wildman–Crippen MR) is 77.4 cm³/mol. The molecular weight excluding hydrogens is 255 g/mol. The number of hydrogen-bond acceptors (Lipinski definition) is 1. The number of fused-ring (bicyclic) bond motifs is 1. The quantitative estimate of drug-likeness (QED) is 0.728. The molecule has 100 valence electrons. The largest absolute Gasteiger partial charge is 0.361 e. The number of aromatic nitrogens is 1. The fraction of sp³-hybridized carbons (Fsp3) is 0.0625. The number of aromatic amines is 1. The molecule has 2 aromatic carbocycles. The summed E-state index contributed by atoms with van der Waals surface area (Å²) >= 11 is 0. The molecule has 2 N–H and O–H groups in total. The molecule has 0 aliphatic rings. The van der Waals surface area contributed by atoms with Gasteiger partial charge in [-0.25, -0.2) is 4.39 Å². The fourth-order valence-electron chi connectivity index (χ4n) is 2.14. The fourth-order valence-corrected chi connectivity index (χ4v) is 2.14. The molecule has 4 heteroatoms. The van der Waals surface area contributed by atoms with Gasteiger partial charge < -0.3 is 10.3 Å². The highest BCUT2D eigenvalue weighted by Crippen LogP contribution is 2.19. The average Bonchev–Trinajstić information content (AvgIpc) is 2.89. The van der Waals surface area contributed by atoms with Crippen LogP contribution in [0.5, 0.6) is 0 Å². The van der Waals surface area contributed by atoms with E-state index in [4.69, 9.17) is 0 Å². The Morgan fingerprint density at radius 1 is 1.15 bits per heavy atom. The summed E-state index contributed by atoms with van der Waals surface area (Å²) in [6.45, 7) is 1.82. The number of H-pyrrole nitrogens is 1. The van der Waals surface area contributed by atoms with Gasteiger partial charge in [0.2, 0.25) is 0 Å². The van der Waals surface area contributed by atoms with E-state index >= 15 is 0 Å². The molecule has 0 saturated carbocycles. The summed E-state index contributed by atoms with van der Waals surface area (Å²) in [6, 6.07) is 11.9. The van der Waals surface area contributed by atoms with E-state index in [0.717, 1.165) is 16.5 Å². The number of aryl methyl sites for hydroxylation is 1. The number of amides is 1. The average molecular weight is 268 g/mol. The van der Waals surface area contributed by atoms with E-state index in [2.05, 4.69) is 10.3 Å². The molecule has 3 rings (SSSR count). The summed E-state index contributed by atoms with van der Waals surface area (Å²) in [7, 11) is 0. The smallest absolute Gasteiger partial charge is 0.258 e. The number of carbonyl (C=O) groups excluding carboxylic acids is 1. The van der Waals surface area contributed by atoms with E-state index < -0.39 is 11.7 Å². The zero-order chi connectivity index (χ0) is 14.1. The lowest BCUT2D eigenvalue weighted by molar-refractivity contribution is 0.102. The van der Waals surface area contributed by atoms with Crippen LogP contribution in [0.2, 0.25) is 0 Å². The molecule has 0 radical (unpaired) electrons. The van der Waals surface area contributed by atoms with Crippen LogP contribution in [0.1, 0.15) is 15.9 Å². The lowest BCUT2D eigenvalue weighted by Crippen LogP contribution is -2.13. The van der Waals surface area contributed by atoms with Gasteiger partial charge in [0.15, 0.2) is 0 Å². The van der Waals surface area contributed by atoms with Gasteiger partial charge in [0.1, 0.15) is 5.82 Å². The molecule has 0 aliphatic heterocycles. The van der Waals surface area contributed by atoms with Crippen molar-refractivity contribution in [2.75, 3.05) is 5.32 Å². The minimum absolute atomic E-state index is 0.0548. The Morgan fingerprint density at radius 3 is 2.85 bits per heavy atom. The Morgan fingerprint density at radius 2 is 2.00 bits per heavy atom. The van der Waals surface area contributed by atoms with E-state index in [1.165, 1.54) is 6.07 Å². The van der Waals surface area contributed by atoms with Crippen molar-refractivity contribution >= 4 is 22.5 Å². The SMILES string of the molecule is Cc1ccc(F)c(C(=O)Nc2ccc3[nH]ccc3c2)c1. The number of carbonyl (C=O) groups is 1. The lowest BCUT2D eigenvalue weighted by Gasteiger charge is -2.07. The zero-order valence-electron chi connectivity index (χ0n) is 10.9. The van der Waals surface area contributed by atoms with Gasteiger partial charge in [0.25, 0.3) is 5.91 Å². The summed E-state index contributed by atoms with van der Waals surface area (Å²) in [5, 5.41) is 3.71. The van der Waals surface area contributed by atoms with Gasteiger partial charge in [-0.2, -0.15) is 0 Å². The highest BCUT2D eigenvalue weighted by molar-refractivity contribution is 6.05. The standard InChI is InChI=1S/C16H13FN2O/c1-10-2-4-14(17)13(8-10)16(20)19-12-3-5-15-11(9-12)6-7-18-15/h2-9,18H,1H3,(H,19,20). The molecular formula is C16H13FN2O. The molecule has 0 spiro atoms. The van der Waals surface area contributed by atoms with Crippen molar-refractivity contribution in [2.45, 2.75) is 6.92 Å². The Balaban J connectivity index is 1.89. The number of rotatable bonds is 2. The number of nitrogens with one attached hydrogen (secondary N) is 2. The Hall–Kier alpha value is -2.62. The molecule has 0 aliphatic carbocycles. The second-order valence-corrected chi connectivity index (χ2v) is 4.72. The van der Waals surface area contributed by atoms with Gasteiger partial charge in [-0.15, -0.1) is 0 Å². The summed E-state index contributed by atoms with van der Waals surface area (Å²) in [5.74, 6) is -0.961. The van der Waals surface area contributed by atoms with E-state index in [-0.39, 0.29) is 5.56 Å². The van der Waals surface area contributed by atoms with Crippen molar-refractivity contribution in [3.8, 4) is 0 Å². The third kappa shape index (κ3) is 2.28. The number of benzene rings is 2. The minimum atomic E-state index is -0.518. The molecule has 0 unspecified atom stereocenters. The monoisotopic (exact) mass is 268 g/mol. The highest BCUT2D eigenvalue weighted by atomic mass is 19.1. The second kappa shape index (κ2) is 4.81. The van der Waals surface area contributed by atoms with Crippen LogP contribution in [-0.2, 0) is 0 Å². The van der Waals surface area contributed by atoms with Gasteiger partial charge in [-0.1, -0.05) is 11.6 Å². The van der Waals surface area contributed by atoms with Gasteiger partial charge in [-0.05, 0) is 43.3 Å². The van der Waals surface area contributed by atoms with Crippen molar-refractivity contribution in [1.82, 2.24) is 4.98 Å². The first-order chi connectivity index (χ1) is 9.63. The van der Waals surface area contributed by atoms with Gasteiger partial charge in [-0.3, -0.25) is 4.79 Å². The molecule has 0 atom stereocenters. The van der Waals surface area contributed by atoms with Crippen LogP contribution in [0.25, 0.3) is 10.9 Å². The molecule has 0 saturated heterocycles. The maximum Gasteiger partial charge on any atom is 0.258 e. The lowest BCUT2D eigenvalue weighted by atomic mass is 10.1. The first-order valence-electron chi connectivity index (χ1n) is 6.28. The van der Waals surface area contributed by atoms with Crippen LogP contribution in [0.4, 0.5) is 10.1 Å². The first kappa shape index (κ1) is 12.4. The van der Waals surface area contributed by atoms with E-state index in [9.17, 15) is 9.18 Å². The molecule has 20 heavy (non-hydrogen) atoms. The van der Waals surface area contributed by atoms with Gasteiger partial charge >= 0.3 is 0 Å². The van der Waals surface area contributed by atoms with Crippen molar-refractivity contribution in [3.63, 3.8) is 0 Å².